The first-order valence-electron chi connectivity index (χ1n) is 5.89. The summed E-state index contributed by atoms with van der Waals surface area (Å²) in [6.45, 7) is 4.29. The highest BCUT2D eigenvalue weighted by Crippen LogP contribution is 2.27. The van der Waals surface area contributed by atoms with E-state index in [1.807, 2.05) is 13.8 Å². The van der Waals surface area contributed by atoms with E-state index >= 15 is 0 Å². The fourth-order valence-corrected chi connectivity index (χ4v) is 2.12. The van der Waals surface area contributed by atoms with Crippen LogP contribution in [0.4, 0.5) is 0 Å². The van der Waals surface area contributed by atoms with Crippen LogP contribution in [0.2, 0.25) is 0 Å². The lowest BCUT2D eigenvalue weighted by Crippen LogP contribution is -2.50. The Labute approximate surface area is 108 Å². The van der Waals surface area contributed by atoms with Gasteiger partial charge in [0.2, 0.25) is 11.8 Å². The molecule has 4 nitrogen and oxygen atoms in total. The van der Waals surface area contributed by atoms with Gasteiger partial charge in [-0.15, -0.1) is 11.6 Å². The van der Waals surface area contributed by atoms with Gasteiger partial charge < -0.3 is 9.80 Å². The molecular formula is C12H21ClN2O2. The number of nitrogens with zero attached hydrogens (tertiary/aromatic N) is 2. The van der Waals surface area contributed by atoms with Gasteiger partial charge in [0.25, 0.3) is 0 Å². The van der Waals surface area contributed by atoms with E-state index in [-0.39, 0.29) is 23.7 Å². The number of likely N-dealkylation sites (N-methyl/N-ethyl adjacent to an activating group) is 1. The zero-order chi connectivity index (χ0) is 13.2. The SMILES string of the molecule is CN(C)C(=O)C1CCCN1C(=O)C(C)(C)CCl. The molecule has 0 bridgehead atoms. The zero-order valence-electron chi connectivity index (χ0n) is 11.0. The number of hydrogen-bond donors (Lipinski definition) is 0. The Balaban J connectivity index is 2.83. The van der Waals surface area contributed by atoms with Crippen LogP contribution in [-0.4, -0.2) is 54.2 Å². The zero-order valence-corrected chi connectivity index (χ0v) is 11.8. The number of halogens is 1. The average Bonchev–Trinajstić information content (AvgIpc) is 2.75. The van der Waals surface area contributed by atoms with E-state index in [0.717, 1.165) is 12.8 Å². The first kappa shape index (κ1) is 14.3. The van der Waals surface area contributed by atoms with Gasteiger partial charge in [0, 0.05) is 26.5 Å². The second-order valence-corrected chi connectivity index (χ2v) is 5.67. The molecule has 98 valence electrons. The summed E-state index contributed by atoms with van der Waals surface area (Å²) in [5.74, 6) is 0.247. The van der Waals surface area contributed by atoms with Crippen molar-refractivity contribution in [2.45, 2.75) is 32.7 Å². The summed E-state index contributed by atoms with van der Waals surface area (Å²) in [4.78, 5) is 27.5. The van der Waals surface area contributed by atoms with E-state index in [9.17, 15) is 9.59 Å². The van der Waals surface area contributed by atoms with Crippen molar-refractivity contribution in [2.75, 3.05) is 26.5 Å². The maximum absolute atomic E-state index is 12.3. The molecule has 0 aliphatic carbocycles. The molecule has 0 saturated carbocycles. The van der Waals surface area contributed by atoms with E-state index in [2.05, 4.69) is 0 Å². The van der Waals surface area contributed by atoms with Gasteiger partial charge in [-0.3, -0.25) is 9.59 Å². The van der Waals surface area contributed by atoms with Crippen LogP contribution in [0.15, 0.2) is 0 Å². The van der Waals surface area contributed by atoms with E-state index < -0.39 is 5.41 Å². The highest BCUT2D eigenvalue weighted by Gasteiger charge is 2.40. The Morgan fingerprint density at radius 1 is 1.41 bits per heavy atom. The number of rotatable bonds is 3. The fraction of sp³-hybridized carbons (Fsp3) is 0.833. The Morgan fingerprint density at radius 2 is 2.00 bits per heavy atom. The number of alkyl halides is 1. The molecule has 17 heavy (non-hydrogen) atoms. The lowest BCUT2D eigenvalue weighted by molar-refractivity contribution is -0.147. The van der Waals surface area contributed by atoms with Crippen LogP contribution in [0.1, 0.15) is 26.7 Å². The minimum Gasteiger partial charge on any atom is -0.347 e. The molecule has 0 radical (unpaired) electrons. The fourth-order valence-electron chi connectivity index (χ4n) is 2.01. The van der Waals surface area contributed by atoms with Crippen molar-refractivity contribution < 1.29 is 9.59 Å². The third-order valence-electron chi connectivity index (χ3n) is 3.15. The summed E-state index contributed by atoms with van der Waals surface area (Å²) >= 11 is 5.81. The lowest BCUT2D eigenvalue weighted by Gasteiger charge is -2.32. The van der Waals surface area contributed by atoms with Crippen molar-refractivity contribution >= 4 is 23.4 Å². The van der Waals surface area contributed by atoms with Gasteiger partial charge in [-0.1, -0.05) is 0 Å². The van der Waals surface area contributed by atoms with E-state index in [1.54, 1.807) is 23.9 Å². The third-order valence-corrected chi connectivity index (χ3v) is 3.82. The van der Waals surface area contributed by atoms with Crippen LogP contribution < -0.4 is 0 Å². The Bertz CT molecular complexity index is 316. The highest BCUT2D eigenvalue weighted by atomic mass is 35.5. The van der Waals surface area contributed by atoms with E-state index in [0.29, 0.717) is 6.54 Å². The normalized spacial score (nSPS) is 20.5. The number of carbonyl (C=O) groups excluding carboxylic acids is 2. The van der Waals surface area contributed by atoms with Gasteiger partial charge in [0.15, 0.2) is 0 Å². The summed E-state index contributed by atoms with van der Waals surface area (Å²) in [5, 5.41) is 0. The topological polar surface area (TPSA) is 40.6 Å². The van der Waals surface area contributed by atoms with Crippen LogP contribution in [0.3, 0.4) is 0 Å². The van der Waals surface area contributed by atoms with Crippen LogP contribution in [0.5, 0.6) is 0 Å². The van der Waals surface area contributed by atoms with E-state index in [4.69, 9.17) is 11.6 Å². The minimum atomic E-state index is -0.600. The minimum absolute atomic E-state index is 0.00113. The molecule has 1 atom stereocenters. The molecule has 0 aromatic rings. The number of carbonyl (C=O) groups is 2. The Hall–Kier alpha value is -0.770. The first-order chi connectivity index (χ1) is 7.81. The molecule has 0 N–H and O–H groups in total. The number of hydrogen-bond acceptors (Lipinski definition) is 2. The average molecular weight is 261 g/mol. The van der Waals surface area contributed by atoms with Gasteiger partial charge in [-0.2, -0.15) is 0 Å². The molecule has 1 fully saturated rings. The van der Waals surface area contributed by atoms with E-state index in [1.165, 1.54) is 0 Å². The highest BCUT2D eigenvalue weighted by molar-refractivity contribution is 6.19. The molecule has 0 spiro atoms. The third kappa shape index (κ3) is 2.92. The lowest BCUT2D eigenvalue weighted by atomic mass is 9.94. The summed E-state index contributed by atoms with van der Waals surface area (Å²) < 4.78 is 0. The smallest absolute Gasteiger partial charge is 0.244 e. The molecule has 5 heteroatoms. The second-order valence-electron chi connectivity index (χ2n) is 5.41. The molecule has 0 aromatic heterocycles. The van der Waals surface area contributed by atoms with Crippen molar-refractivity contribution in [3.05, 3.63) is 0 Å². The molecule has 2 amide bonds. The predicted molar refractivity (Wildman–Crippen MR) is 67.9 cm³/mol. The standard InChI is InChI=1S/C12H21ClN2O2/c1-12(2,8-13)11(17)15-7-5-6-9(15)10(16)14(3)4/h9H,5-8H2,1-4H3. The summed E-state index contributed by atoms with van der Waals surface area (Å²) in [7, 11) is 3.44. The second kappa shape index (κ2) is 5.25. The van der Waals surface area contributed by atoms with Crippen molar-refractivity contribution in [1.29, 1.82) is 0 Å². The van der Waals surface area contributed by atoms with Gasteiger partial charge in [-0.05, 0) is 26.7 Å². The van der Waals surface area contributed by atoms with Crippen LogP contribution in [0.25, 0.3) is 0 Å². The van der Waals surface area contributed by atoms with Gasteiger partial charge in [0.1, 0.15) is 6.04 Å². The summed E-state index contributed by atoms with van der Waals surface area (Å²) in [5.41, 5.74) is -0.600. The maximum atomic E-state index is 12.3. The Kier molecular flexibility index (Phi) is 4.42. The Morgan fingerprint density at radius 3 is 2.47 bits per heavy atom. The van der Waals surface area contributed by atoms with Gasteiger partial charge in [0.05, 0.1) is 5.41 Å². The molecule has 1 rings (SSSR count). The van der Waals surface area contributed by atoms with Crippen LogP contribution in [0, 0.1) is 5.41 Å². The number of likely N-dealkylation sites (tertiary alicyclic amines) is 1. The van der Waals surface area contributed by atoms with Crippen molar-refractivity contribution in [2.24, 2.45) is 5.41 Å². The largest absolute Gasteiger partial charge is 0.347 e. The van der Waals surface area contributed by atoms with Crippen molar-refractivity contribution in [3.63, 3.8) is 0 Å². The quantitative estimate of drug-likeness (QED) is 0.719. The molecule has 0 aromatic carbocycles. The van der Waals surface area contributed by atoms with Crippen LogP contribution >= 0.6 is 11.6 Å². The molecule has 1 aliphatic rings. The van der Waals surface area contributed by atoms with Gasteiger partial charge in [-0.25, -0.2) is 0 Å². The summed E-state index contributed by atoms with van der Waals surface area (Å²) in [6, 6.07) is -0.306. The first-order valence-corrected chi connectivity index (χ1v) is 6.43. The molecular weight excluding hydrogens is 240 g/mol. The maximum Gasteiger partial charge on any atom is 0.244 e. The molecule has 1 saturated heterocycles. The van der Waals surface area contributed by atoms with Crippen molar-refractivity contribution in [1.82, 2.24) is 9.80 Å². The molecule has 1 heterocycles. The van der Waals surface area contributed by atoms with Crippen molar-refractivity contribution in [3.8, 4) is 0 Å². The monoisotopic (exact) mass is 260 g/mol. The van der Waals surface area contributed by atoms with Crippen LogP contribution in [-0.2, 0) is 9.59 Å². The van der Waals surface area contributed by atoms with Gasteiger partial charge >= 0.3 is 0 Å². The summed E-state index contributed by atoms with van der Waals surface area (Å²) in [6.07, 6.45) is 1.63. The molecule has 1 aliphatic heterocycles. The molecule has 1 unspecified atom stereocenters. The number of amides is 2. The predicted octanol–water partition coefficient (Wildman–Crippen LogP) is 1.33.